The summed E-state index contributed by atoms with van der Waals surface area (Å²) in [4.78, 5) is 17.2. The Morgan fingerprint density at radius 2 is 2.04 bits per heavy atom. The Kier molecular flexibility index (Phi) is 4.30. The van der Waals surface area contributed by atoms with Crippen LogP contribution in [0.1, 0.15) is 18.3 Å². The second kappa shape index (κ2) is 6.82. The van der Waals surface area contributed by atoms with Crippen molar-refractivity contribution >= 4 is 23.5 Å². The molecule has 27 heavy (non-hydrogen) atoms. The number of halogens is 1. The topological polar surface area (TPSA) is 58.8 Å². The van der Waals surface area contributed by atoms with Crippen molar-refractivity contribution in [3.05, 3.63) is 51.7 Å². The van der Waals surface area contributed by atoms with Gasteiger partial charge in [0.1, 0.15) is 12.2 Å². The number of aryl methyl sites for hydroxylation is 1. The van der Waals surface area contributed by atoms with Crippen molar-refractivity contribution < 1.29 is 4.74 Å². The standard InChI is InChI=1S/C19H22ClN5O2/c20-14-3-1-4-15(13-14)23-11-9-22(10-12-23)6-2-7-25-19(26)24-8-5-16-17(27-16)18(24)21-25/h1,3-5,8,13,16-17H,2,6-7,9-12H2. The van der Waals surface area contributed by atoms with Crippen molar-refractivity contribution in [3.63, 3.8) is 0 Å². The predicted molar refractivity (Wildman–Crippen MR) is 104 cm³/mol. The summed E-state index contributed by atoms with van der Waals surface area (Å²) in [5.74, 6) is 0.739. The van der Waals surface area contributed by atoms with E-state index in [1.165, 1.54) is 5.69 Å². The van der Waals surface area contributed by atoms with Crippen molar-refractivity contribution in [2.24, 2.45) is 0 Å². The van der Waals surface area contributed by atoms with Gasteiger partial charge in [0.25, 0.3) is 0 Å². The quantitative estimate of drug-likeness (QED) is 0.733. The first-order valence-corrected chi connectivity index (χ1v) is 9.83. The highest BCUT2D eigenvalue weighted by atomic mass is 35.5. The largest absolute Gasteiger partial charge is 0.369 e. The molecule has 3 aliphatic heterocycles. The molecule has 142 valence electrons. The van der Waals surface area contributed by atoms with Gasteiger partial charge < -0.3 is 9.64 Å². The summed E-state index contributed by atoms with van der Waals surface area (Å²) in [5, 5.41) is 5.25. The highest BCUT2D eigenvalue weighted by molar-refractivity contribution is 6.30. The number of hydrogen-bond acceptors (Lipinski definition) is 5. The molecule has 1 aromatic heterocycles. The summed E-state index contributed by atoms with van der Waals surface area (Å²) < 4.78 is 8.67. The van der Waals surface area contributed by atoms with Gasteiger partial charge in [-0.05, 0) is 30.7 Å². The lowest BCUT2D eigenvalue weighted by atomic mass is 10.2. The van der Waals surface area contributed by atoms with Crippen LogP contribution >= 0.6 is 11.6 Å². The van der Waals surface area contributed by atoms with Crippen LogP contribution in [-0.2, 0) is 11.3 Å². The highest BCUT2D eigenvalue weighted by Crippen LogP contribution is 2.40. The fourth-order valence-electron chi connectivity index (χ4n) is 3.91. The minimum Gasteiger partial charge on any atom is -0.369 e. The molecule has 7 nitrogen and oxygen atoms in total. The molecule has 2 atom stereocenters. The molecule has 0 N–H and O–H groups in total. The number of ether oxygens (including phenoxy) is 1. The molecule has 0 bridgehead atoms. The number of epoxide rings is 1. The zero-order valence-electron chi connectivity index (χ0n) is 15.0. The van der Waals surface area contributed by atoms with Gasteiger partial charge in [-0.3, -0.25) is 9.47 Å². The molecule has 0 radical (unpaired) electrons. The Bertz CT molecular complexity index is 928. The van der Waals surface area contributed by atoms with E-state index in [9.17, 15) is 4.79 Å². The van der Waals surface area contributed by atoms with Crippen LogP contribution in [0.3, 0.4) is 0 Å². The Labute approximate surface area is 162 Å². The Hall–Kier alpha value is -2.09. The first kappa shape index (κ1) is 17.0. The monoisotopic (exact) mass is 387 g/mol. The average Bonchev–Trinajstić information content (AvgIpc) is 3.41. The second-order valence-corrected chi connectivity index (χ2v) is 7.70. The molecule has 3 aliphatic rings. The van der Waals surface area contributed by atoms with Crippen molar-refractivity contribution in [2.45, 2.75) is 25.2 Å². The van der Waals surface area contributed by atoms with Gasteiger partial charge in [-0.1, -0.05) is 17.7 Å². The van der Waals surface area contributed by atoms with Crippen LogP contribution in [0.2, 0.25) is 5.02 Å². The van der Waals surface area contributed by atoms with Gasteiger partial charge in [-0.15, -0.1) is 0 Å². The van der Waals surface area contributed by atoms with Gasteiger partial charge in [0.2, 0.25) is 0 Å². The van der Waals surface area contributed by atoms with Gasteiger partial charge in [-0.2, -0.15) is 5.10 Å². The number of rotatable bonds is 5. The molecule has 8 heteroatoms. The van der Waals surface area contributed by atoms with Crippen LogP contribution in [0.25, 0.3) is 6.20 Å². The zero-order chi connectivity index (χ0) is 18.4. The summed E-state index contributed by atoms with van der Waals surface area (Å²) >= 11 is 6.10. The summed E-state index contributed by atoms with van der Waals surface area (Å²) in [5.41, 5.74) is 1.12. The summed E-state index contributed by atoms with van der Waals surface area (Å²) in [6.45, 7) is 5.62. The van der Waals surface area contributed by atoms with Crippen LogP contribution in [0, 0.1) is 0 Å². The first-order chi connectivity index (χ1) is 13.2. The fourth-order valence-corrected chi connectivity index (χ4v) is 4.10. The zero-order valence-corrected chi connectivity index (χ0v) is 15.8. The molecule has 2 aromatic rings. The predicted octanol–water partition coefficient (Wildman–Crippen LogP) is 1.83. The summed E-state index contributed by atoms with van der Waals surface area (Å²) in [6.07, 6.45) is 4.70. The summed E-state index contributed by atoms with van der Waals surface area (Å²) in [6, 6.07) is 8.03. The molecule has 0 amide bonds. The molecule has 0 spiro atoms. The fraction of sp³-hybridized carbons (Fsp3) is 0.474. The third-order valence-electron chi connectivity index (χ3n) is 5.49. The van der Waals surface area contributed by atoms with Crippen LogP contribution in [0.4, 0.5) is 5.69 Å². The van der Waals surface area contributed by atoms with E-state index in [0.717, 1.165) is 50.0 Å². The Morgan fingerprint density at radius 1 is 1.19 bits per heavy atom. The smallest absolute Gasteiger partial charge is 0.350 e. The van der Waals surface area contributed by atoms with E-state index in [2.05, 4.69) is 21.0 Å². The van der Waals surface area contributed by atoms with E-state index in [1.807, 2.05) is 24.3 Å². The third kappa shape index (κ3) is 3.31. The van der Waals surface area contributed by atoms with Crippen molar-refractivity contribution in [2.75, 3.05) is 37.6 Å². The molecule has 2 saturated heterocycles. The van der Waals surface area contributed by atoms with Gasteiger partial charge in [0.05, 0.1) is 0 Å². The summed E-state index contributed by atoms with van der Waals surface area (Å²) in [7, 11) is 0. The van der Waals surface area contributed by atoms with E-state index in [1.54, 1.807) is 15.4 Å². The van der Waals surface area contributed by atoms with E-state index >= 15 is 0 Å². The maximum atomic E-state index is 12.4. The minimum atomic E-state index is -0.0685. The number of benzene rings is 1. The molecule has 0 saturated carbocycles. The van der Waals surface area contributed by atoms with Crippen LogP contribution in [-0.4, -0.2) is 58.1 Å². The highest BCUT2D eigenvalue weighted by Gasteiger charge is 2.45. The second-order valence-electron chi connectivity index (χ2n) is 7.26. The number of aromatic nitrogens is 3. The normalized spacial score (nSPS) is 24.0. The lowest BCUT2D eigenvalue weighted by Gasteiger charge is -2.36. The van der Waals surface area contributed by atoms with Gasteiger partial charge >= 0.3 is 5.69 Å². The molecular weight excluding hydrogens is 366 g/mol. The third-order valence-corrected chi connectivity index (χ3v) is 5.73. The van der Waals surface area contributed by atoms with E-state index in [-0.39, 0.29) is 17.9 Å². The number of hydrogen-bond donors (Lipinski definition) is 0. The molecule has 2 unspecified atom stereocenters. The van der Waals surface area contributed by atoms with Gasteiger partial charge in [-0.25, -0.2) is 9.48 Å². The molecule has 4 heterocycles. The molecule has 5 rings (SSSR count). The maximum absolute atomic E-state index is 12.4. The Morgan fingerprint density at radius 3 is 2.85 bits per heavy atom. The Balaban J connectivity index is 1.13. The lowest BCUT2D eigenvalue weighted by molar-refractivity contribution is 0.248. The van der Waals surface area contributed by atoms with Crippen LogP contribution in [0.5, 0.6) is 0 Å². The van der Waals surface area contributed by atoms with Crippen molar-refractivity contribution in [3.8, 4) is 0 Å². The molecular formula is C19H22ClN5O2. The van der Waals surface area contributed by atoms with E-state index < -0.39 is 0 Å². The lowest BCUT2D eigenvalue weighted by Crippen LogP contribution is -2.46. The SMILES string of the molecule is O=c1n(CCCN2CCN(c3cccc(Cl)c3)CC2)nc2n1C=CC1OC21. The number of fused-ring (bicyclic) bond motifs is 3. The van der Waals surface area contributed by atoms with Gasteiger partial charge in [0.15, 0.2) is 5.82 Å². The average molecular weight is 388 g/mol. The van der Waals surface area contributed by atoms with Crippen LogP contribution in [0.15, 0.2) is 35.1 Å². The molecule has 1 aromatic carbocycles. The van der Waals surface area contributed by atoms with Crippen LogP contribution < -0.4 is 10.6 Å². The number of piperazine rings is 1. The maximum Gasteiger partial charge on any atom is 0.350 e. The molecule has 2 fully saturated rings. The minimum absolute atomic E-state index is 0.0245. The number of nitrogens with zero attached hydrogens (tertiary/aromatic N) is 5. The van der Waals surface area contributed by atoms with Crippen molar-refractivity contribution in [1.29, 1.82) is 0 Å². The van der Waals surface area contributed by atoms with E-state index in [0.29, 0.717) is 6.54 Å². The van der Waals surface area contributed by atoms with E-state index in [4.69, 9.17) is 16.3 Å². The van der Waals surface area contributed by atoms with Crippen molar-refractivity contribution in [1.82, 2.24) is 19.2 Å². The first-order valence-electron chi connectivity index (χ1n) is 9.45. The molecule has 0 aliphatic carbocycles. The van der Waals surface area contributed by atoms with Gasteiger partial charge in [0, 0.05) is 56.2 Å². The number of anilines is 1.